The Kier molecular flexibility index (Phi) is 3.50. The van der Waals surface area contributed by atoms with Crippen molar-refractivity contribution in [2.45, 2.75) is 12.5 Å². The summed E-state index contributed by atoms with van der Waals surface area (Å²) in [4.78, 5) is 16.1. The molecule has 21 heavy (non-hydrogen) atoms. The maximum Gasteiger partial charge on any atom is 0.291 e. The summed E-state index contributed by atoms with van der Waals surface area (Å²) in [5.74, 6) is -0.601. The molecule has 2 aromatic rings. The summed E-state index contributed by atoms with van der Waals surface area (Å²) in [6.45, 7) is 0. The molecular weight excluding hydrogens is 316 g/mol. The molecular formula is C12H11ClN4O3S. The number of nitrogens with one attached hydrogen (secondary N) is 1. The molecule has 0 saturated carbocycles. The number of nitrogens with zero attached hydrogens (tertiary/aromatic N) is 3. The maximum atomic E-state index is 12.0. The molecule has 1 aromatic carbocycles. The number of amides is 1. The topological polar surface area (TPSA) is 102 Å². The van der Waals surface area contributed by atoms with Crippen molar-refractivity contribution in [2.75, 3.05) is 11.5 Å². The first-order valence-corrected chi connectivity index (χ1v) is 8.44. The third kappa shape index (κ3) is 3.11. The van der Waals surface area contributed by atoms with E-state index in [0.717, 1.165) is 0 Å². The van der Waals surface area contributed by atoms with Crippen LogP contribution >= 0.6 is 11.6 Å². The molecule has 3 rings (SSSR count). The fraction of sp³-hybridized carbons (Fsp3) is 0.333. The molecule has 1 fully saturated rings. The molecule has 2 heterocycles. The van der Waals surface area contributed by atoms with Crippen molar-refractivity contribution in [2.24, 2.45) is 0 Å². The van der Waals surface area contributed by atoms with E-state index < -0.39 is 21.8 Å². The van der Waals surface area contributed by atoms with Crippen molar-refractivity contribution >= 4 is 38.4 Å². The predicted molar refractivity (Wildman–Crippen MR) is 76.9 cm³/mol. The first-order valence-electron chi connectivity index (χ1n) is 6.24. The number of hydrogen-bond acceptors (Lipinski definition) is 6. The van der Waals surface area contributed by atoms with Crippen LogP contribution in [0.2, 0.25) is 5.02 Å². The second-order valence-corrected chi connectivity index (χ2v) is 7.51. The monoisotopic (exact) mass is 326 g/mol. The Morgan fingerprint density at radius 2 is 2.10 bits per heavy atom. The summed E-state index contributed by atoms with van der Waals surface area (Å²) in [6, 6.07) is 4.50. The number of fused-ring (bicyclic) bond motifs is 1. The van der Waals surface area contributed by atoms with Gasteiger partial charge >= 0.3 is 0 Å². The highest BCUT2D eigenvalue weighted by atomic mass is 35.5. The molecule has 1 aliphatic heterocycles. The summed E-state index contributed by atoms with van der Waals surface area (Å²) < 4.78 is 22.7. The first kappa shape index (κ1) is 14.2. The van der Waals surface area contributed by atoms with E-state index in [1.165, 1.54) is 0 Å². The Hall–Kier alpha value is -1.80. The number of benzene rings is 1. The maximum absolute atomic E-state index is 12.0. The van der Waals surface area contributed by atoms with Crippen molar-refractivity contribution in [3.05, 3.63) is 29.0 Å². The van der Waals surface area contributed by atoms with Gasteiger partial charge in [0.15, 0.2) is 9.84 Å². The van der Waals surface area contributed by atoms with Crippen molar-refractivity contribution in [1.82, 2.24) is 20.5 Å². The van der Waals surface area contributed by atoms with Crippen LogP contribution in [0.5, 0.6) is 0 Å². The summed E-state index contributed by atoms with van der Waals surface area (Å²) in [6.07, 6.45) is 0.404. The number of carbonyl (C=O) groups is 1. The van der Waals surface area contributed by atoms with Gasteiger partial charge in [-0.05, 0) is 24.6 Å². The zero-order valence-electron chi connectivity index (χ0n) is 10.8. The minimum atomic E-state index is -3.05. The SMILES string of the molecule is O=C(N[C@H]1CCS(=O)(=O)C1)c1nnc2ccc(Cl)cc2n1. The molecule has 110 valence electrons. The molecule has 1 aliphatic rings. The lowest BCUT2D eigenvalue weighted by atomic mass is 10.2. The van der Waals surface area contributed by atoms with E-state index in [0.29, 0.717) is 22.5 Å². The van der Waals surface area contributed by atoms with Crippen LogP contribution in [0.25, 0.3) is 11.0 Å². The highest BCUT2D eigenvalue weighted by Gasteiger charge is 2.29. The Morgan fingerprint density at radius 3 is 2.81 bits per heavy atom. The minimum absolute atomic E-state index is 0.0500. The highest BCUT2D eigenvalue weighted by molar-refractivity contribution is 7.91. The van der Waals surface area contributed by atoms with E-state index >= 15 is 0 Å². The molecule has 1 N–H and O–H groups in total. The van der Waals surface area contributed by atoms with Crippen molar-refractivity contribution in [3.8, 4) is 0 Å². The normalized spacial score (nSPS) is 20.5. The minimum Gasteiger partial charge on any atom is -0.345 e. The van der Waals surface area contributed by atoms with Gasteiger partial charge in [-0.25, -0.2) is 13.4 Å². The van der Waals surface area contributed by atoms with Crippen LogP contribution in [-0.4, -0.2) is 47.1 Å². The molecule has 0 radical (unpaired) electrons. The largest absolute Gasteiger partial charge is 0.345 e. The smallest absolute Gasteiger partial charge is 0.291 e. The van der Waals surface area contributed by atoms with Crippen LogP contribution in [0.4, 0.5) is 0 Å². The van der Waals surface area contributed by atoms with Crippen LogP contribution in [0, 0.1) is 0 Å². The van der Waals surface area contributed by atoms with Crippen molar-refractivity contribution in [3.63, 3.8) is 0 Å². The highest BCUT2D eigenvalue weighted by Crippen LogP contribution is 2.15. The molecule has 1 saturated heterocycles. The van der Waals surface area contributed by atoms with E-state index in [2.05, 4.69) is 20.5 Å². The quantitative estimate of drug-likeness (QED) is 0.866. The zero-order chi connectivity index (χ0) is 15.0. The van der Waals surface area contributed by atoms with E-state index in [1.807, 2.05) is 0 Å². The Balaban J connectivity index is 1.81. The number of aromatic nitrogens is 3. The zero-order valence-corrected chi connectivity index (χ0v) is 12.4. The van der Waals surface area contributed by atoms with E-state index in [4.69, 9.17) is 11.6 Å². The van der Waals surface area contributed by atoms with Crippen molar-refractivity contribution in [1.29, 1.82) is 0 Å². The molecule has 1 aromatic heterocycles. The van der Waals surface area contributed by atoms with Gasteiger partial charge in [0.2, 0.25) is 5.82 Å². The van der Waals surface area contributed by atoms with Gasteiger partial charge in [0.05, 0.1) is 17.0 Å². The van der Waals surface area contributed by atoms with Gasteiger partial charge in [-0.15, -0.1) is 10.2 Å². The lowest BCUT2D eigenvalue weighted by Crippen LogP contribution is -2.36. The molecule has 0 spiro atoms. The summed E-state index contributed by atoms with van der Waals surface area (Å²) in [5.41, 5.74) is 0.987. The van der Waals surface area contributed by atoms with Gasteiger partial charge in [-0.2, -0.15) is 0 Å². The lowest BCUT2D eigenvalue weighted by Gasteiger charge is -2.09. The summed E-state index contributed by atoms with van der Waals surface area (Å²) in [7, 11) is -3.05. The van der Waals surface area contributed by atoms with E-state index in [1.54, 1.807) is 18.2 Å². The molecule has 1 atom stereocenters. The number of sulfone groups is 1. The fourth-order valence-corrected chi connectivity index (χ4v) is 4.00. The van der Waals surface area contributed by atoms with Gasteiger partial charge < -0.3 is 5.32 Å². The number of halogens is 1. The Morgan fingerprint density at radius 1 is 1.29 bits per heavy atom. The third-order valence-electron chi connectivity index (χ3n) is 3.19. The van der Waals surface area contributed by atoms with Crippen LogP contribution in [0.15, 0.2) is 18.2 Å². The fourth-order valence-electron chi connectivity index (χ4n) is 2.16. The summed E-state index contributed by atoms with van der Waals surface area (Å²) in [5, 5.41) is 10.7. The van der Waals surface area contributed by atoms with Gasteiger partial charge in [0.1, 0.15) is 5.52 Å². The van der Waals surface area contributed by atoms with Crippen LogP contribution < -0.4 is 5.32 Å². The molecule has 1 amide bonds. The number of rotatable bonds is 2. The van der Waals surface area contributed by atoms with Crippen molar-refractivity contribution < 1.29 is 13.2 Å². The second kappa shape index (κ2) is 5.19. The third-order valence-corrected chi connectivity index (χ3v) is 5.19. The second-order valence-electron chi connectivity index (χ2n) is 4.84. The molecule has 0 aliphatic carbocycles. The molecule has 0 bridgehead atoms. The number of carbonyl (C=O) groups excluding carboxylic acids is 1. The van der Waals surface area contributed by atoms with Gasteiger partial charge in [-0.3, -0.25) is 4.79 Å². The average Bonchev–Trinajstić information content (AvgIpc) is 2.77. The van der Waals surface area contributed by atoms with Gasteiger partial charge in [0, 0.05) is 11.1 Å². The molecule has 9 heteroatoms. The van der Waals surface area contributed by atoms with Gasteiger partial charge in [-0.1, -0.05) is 11.6 Å². The van der Waals surface area contributed by atoms with Crippen LogP contribution in [0.3, 0.4) is 0 Å². The summed E-state index contributed by atoms with van der Waals surface area (Å²) >= 11 is 5.86. The molecule has 7 nitrogen and oxygen atoms in total. The Bertz CT molecular complexity index is 824. The lowest BCUT2D eigenvalue weighted by molar-refractivity contribution is 0.0930. The van der Waals surface area contributed by atoms with E-state index in [9.17, 15) is 13.2 Å². The van der Waals surface area contributed by atoms with Gasteiger partial charge in [0.25, 0.3) is 5.91 Å². The number of hydrogen-bond donors (Lipinski definition) is 1. The Labute approximate surface area is 125 Å². The average molecular weight is 327 g/mol. The first-order chi connectivity index (χ1) is 9.93. The van der Waals surface area contributed by atoms with E-state index in [-0.39, 0.29) is 17.3 Å². The van der Waals surface area contributed by atoms with Crippen LogP contribution in [0.1, 0.15) is 17.0 Å². The van der Waals surface area contributed by atoms with Crippen LogP contribution in [-0.2, 0) is 9.84 Å². The molecule has 0 unspecified atom stereocenters. The predicted octanol–water partition coefficient (Wildman–Crippen LogP) is 0.595. The standard InChI is InChI=1S/C12H11ClN4O3S/c13-7-1-2-9-10(5-7)15-11(17-16-9)12(18)14-8-3-4-21(19,20)6-8/h1-2,5,8H,3-4,6H2,(H,14,18)/t8-/m0/s1.